The van der Waals surface area contributed by atoms with Crippen molar-refractivity contribution in [3.63, 3.8) is 0 Å². The highest BCUT2D eigenvalue weighted by Crippen LogP contribution is 2.44. The van der Waals surface area contributed by atoms with E-state index >= 15 is 0 Å². The lowest BCUT2D eigenvalue weighted by atomic mass is 10.1. The number of benzene rings is 1. The third-order valence-electron chi connectivity index (χ3n) is 2.65. The van der Waals surface area contributed by atoms with Crippen LogP contribution in [0.3, 0.4) is 0 Å². The second kappa shape index (κ2) is 5.95. The molecule has 1 heterocycles. The fourth-order valence-electron chi connectivity index (χ4n) is 1.77. The minimum Gasteiger partial charge on any atom is -0.495 e. The van der Waals surface area contributed by atoms with Gasteiger partial charge in [0.05, 0.1) is 16.4 Å². The van der Waals surface area contributed by atoms with E-state index in [1.165, 1.54) is 10.4 Å². The Bertz CT molecular complexity index is 568. The van der Waals surface area contributed by atoms with Crippen LogP contribution in [-0.2, 0) is 0 Å². The first-order valence-corrected chi connectivity index (χ1v) is 8.22. The lowest BCUT2D eigenvalue weighted by molar-refractivity contribution is 0.408. The molecule has 0 saturated heterocycles. The number of aryl methyl sites for hydroxylation is 1. The number of thiophene rings is 1. The Morgan fingerprint density at radius 3 is 2.67 bits per heavy atom. The molecule has 0 spiro atoms. The first-order chi connectivity index (χ1) is 8.54. The maximum absolute atomic E-state index is 6.12. The largest absolute Gasteiger partial charge is 0.495 e. The number of methoxy groups -OCH3 is 1. The quantitative estimate of drug-likeness (QED) is 0.567. The second-order valence-corrected chi connectivity index (χ2v) is 6.99. The van der Waals surface area contributed by atoms with Crippen LogP contribution in [0.4, 0.5) is 0 Å². The summed E-state index contributed by atoms with van der Waals surface area (Å²) in [5, 5.41) is 2.78. The summed E-state index contributed by atoms with van der Waals surface area (Å²) in [5.74, 6) is 0.814. The molecule has 0 aliphatic carbocycles. The van der Waals surface area contributed by atoms with Crippen molar-refractivity contribution in [3.8, 4) is 5.75 Å². The van der Waals surface area contributed by atoms with Gasteiger partial charge < -0.3 is 4.74 Å². The van der Waals surface area contributed by atoms with Gasteiger partial charge in [-0.15, -0.1) is 11.3 Å². The van der Waals surface area contributed by atoms with E-state index in [1.807, 2.05) is 12.1 Å². The normalized spacial score (nSPS) is 12.5. The SMILES string of the molecule is COc1c(Br)cc(Cl)cc1C(Br)c1sccc1C. The third-order valence-corrected chi connectivity index (χ3v) is 5.79. The Balaban J connectivity index is 2.54. The highest BCUT2D eigenvalue weighted by atomic mass is 79.9. The van der Waals surface area contributed by atoms with Crippen molar-refractivity contribution in [1.82, 2.24) is 0 Å². The minimum absolute atomic E-state index is 0.0856. The molecule has 0 fully saturated rings. The molecule has 1 atom stereocenters. The highest BCUT2D eigenvalue weighted by molar-refractivity contribution is 9.10. The second-order valence-electron chi connectivity index (χ2n) is 3.84. The van der Waals surface area contributed by atoms with Gasteiger partial charge in [0.25, 0.3) is 0 Å². The summed E-state index contributed by atoms with van der Waals surface area (Å²) in [6, 6.07) is 5.88. The van der Waals surface area contributed by atoms with Gasteiger partial charge in [-0.3, -0.25) is 0 Å². The third kappa shape index (κ3) is 2.77. The van der Waals surface area contributed by atoms with Crippen LogP contribution in [0.15, 0.2) is 28.1 Å². The number of alkyl halides is 1. The predicted octanol–water partition coefficient (Wildman–Crippen LogP) is 5.97. The number of halogens is 3. The van der Waals surface area contributed by atoms with Crippen LogP contribution < -0.4 is 4.74 Å². The molecule has 0 saturated carbocycles. The van der Waals surface area contributed by atoms with Crippen LogP contribution in [0.5, 0.6) is 5.75 Å². The van der Waals surface area contributed by atoms with E-state index in [0.717, 1.165) is 15.8 Å². The van der Waals surface area contributed by atoms with Crippen LogP contribution in [0.25, 0.3) is 0 Å². The van der Waals surface area contributed by atoms with E-state index in [0.29, 0.717) is 5.02 Å². The molecule has 0 radical (unpaired) electrons. The summed E-state index contributed by atoms with van der Waals surface area (Å²) in [6.45, 7) is 2.10. The fraction of sp³-hybridized carbons (Fsp3) is 0.231. The molecule has 96 valence electrons. The summed E-state index contributed by atoms with van der Waals surface area (Å²) in [4.78, 5) is 1.35. The highest BCUT2D eigenvalue weighted by Gasteiger charge is 2.20. The van der Waals surface area contributed by atoms with E-state index in [4.69, 9.17) is 16.3 Å². The number of hydrogen-bond donors (Lipinski definition) is 0. The first-order valence-electron chi connectivity index (χ1n) is 5.25. The summed E-state index contributed by atoms with van der Waals surface area (Å²) < 4.78 is 6.33. The van der Waals surface area contributed by atoms with E-state index in [2.05, 4.69) is 50.2 Å². The average molecular weight is 411 g/mol. The molecule has 1 nitrogen and oxygen atoms in total. The van der Waals surface area contributed by atoms with Crippen molar-refractivity contribution >= 4 is 54.8 Å². The van der Waals surface area contributed by atoms with Crippen molar-refractivity contribution in [3.05, 3.63) is 49.1 Å². The van der Waals surface area contributed by atoms with Gasteiger partial charge in [-0.05, 0) is 52.0 Å². The Morgan fingerprint density at radius 1 is 1.39 bits per heavy atom. The van der Waals surface area contributed by atoms with Gasteiger partial charge in [0.15, 0.2) is 0 Å². The van der Waals surface area contributed by atoms with Gasteiger partial charge in [-0.2, -0.15) is 0 Å². The van der Waals surface area contributed by atoms with Crippen molar-refractivity contribution in [2.75, 3.05) is 7.11 Å². The number of ether oxygens (including phenoxy) is 1. The maximum Gasteiger partial charge on any atom is 0.137 e. The van der Waals surface area contributed by atoms with E-state index in [-0.39, 0.29) is 4.83 Å². The molecule has 0 aliphatic heterocycles. The van der Waals surface area contributed by atoms with Crippen LogP contribution in [-0.4, -0.2) is 7.11 Å². The van der Waals surface area contributed by atoms with Crippen LogP contribution >= 0.6 is 54.8 Å². The average Bonchev–Trinajstić information content (AvgIpc) is 2.73. The minimum atomic E-state index is 0.0856. The molecular weight excluding hydrogens is 399 g/mol. The Hall–Kier alpha value is -0.0300. The zero-order valence-electron chi connectivity index (χ0n) is 9.84. The monoisotopic (exact) mass is 408 g/mol. The van der Waals surface area contributed by atoms with Crippen molar-refractivity contribution in [2.45, 2.75) is 11.8 Å². The molecule has 2 aromatic rings. The summed E-state index contributed by atoms with van der Waals surface area (Å²) in [6.07, 6.45) is 0. The fourth-order valence-corrected chi connectivity index (χ4v) is 4.71. The van der Waals surface area contributed by atoms with Crippen molar-refractivity contribution < 1.29 is 4.74 Å². The van der Waals surface area contributed by atoms with Crippen molar-refractivity contribution in [2.24, 2.45) is 0 Å². The van der Waals surface area contributed by atoms with Crippen LogP contribution in [0, 0.1) is 6.92 Å². The maximum atomic E-state index is 6.12. The van der Waals surface area contributed by atoms with Gasteiger partial charge in [0.2, 0.25) is 0 Å². The Labute approximate surface area is 132 Å². The molecular formula is C13H11Br2ClOS. The molecule has 1 unspecified atom stereocenters. The first kappa shape index (κ1) is 14.4. The molecule has 2 rings (SSSR count). The van der Waals surface area contributed by atoms with Gasteiger partial charge in [-0.25, -0.2) is 0 Å². The predicted molar refractivity (Wildman–Crippen MR) is 85.5 cm³/mol. The number of rotatable bonds is 3. The smallest absolute Gasteiger partial charge is 0.137 e. The van der Waals surface area contributed by atoms with Gasteiger partial charge in [0.1, 0.15) is 5.75 Å². The summed E-state index contributed by atoms with van der Waals surface area (Å²) >= 11 is 15.1. The molecule has 5 heteroatoms. The van der Waals surface area contributed by atoms with Gasteiger partial charge in [-0.1, -0.05) is 27.5 Å². The van der Waals surface area contributed by atoms with Crippen LogP contribution in [0.1, 0.15) is 20.8 Å². The zero-order chi connectivity index (χ0) is 13.3. The van der Waals surface area contributed by atoms with Crippen LogP contribution in [0.2, 0.25) is 5.02 Å². The standard InChI is InChI=1S/C13H11Br2ClOS/c1-7-3-4-18-13(7)11(15)9-5-8(16)6-10(14)12(9)17-2/h3-6,11H,1-2H3. The Morgan fingerprint density at radius 2 is 2.11 bits per heavy atom. The molecule has 0 bridgehead atoms. The van der Waals surface area contributed by atoms with Gasteiger partial charge >= 0.3 is 0 Å². The lowest BCUT2D eigenvalue weighted by Gasteiger charge is -2.16. The molecule has 1 aromatic heterocycles. The topological polar surface area (TPSA) is 9.23 Å². The van der Waals surface area contributed by atoms with E-state index in [1.54, 1.807) is 18.4 Å². The Kier molecular flexibility index (Phi) is 4.75. The van der Waals surface area contributed by atoms with E-state index < -0.39 is 0 Å². The summed E-state index contributed by atoms with van der Waals surface area (Å²) in [7, 11) is 1.67. The zero-order valence-corrected chi connectivity index (χ0v) is 14.6. The molecule has 0 amide bonds. The lowest BCUT2D eigenvalue weighted by Crippen LogP contribution is -1.97. The number of hydrogen-bond acceptors (Lipinski definition) is 2. The van der Waals surface area contributed by atoms with Gasteiger partial charge in [0, 0.05) is 15.5 Å². The molecule has 18 heavy (non-hydrogen) atoms. The molecule has 0 N–H and O–H groups in total. The van der Waals surface area contributed by atoms with Crippen molar-refractivity contribution in [1.29, 1.82) is 0 Å². The molecule has 0 aliphatic rings. The summed E-state index contributed by atoms with van der Waals surface area (Å²) in [5.41, 5.74) is 2.29. The van der Waals surface area contributed by atoms with E-state index in [9.17, 15) is 0 Å². The molecule has 1 aromatic carbocycles.